The Kier molecular flexibility index (Phi) is 10.1. The molecule has 0 spiro atoms. The SMILES string of the molecule is CCNC(=NCCc1ccc(-n2cccn2)cc1)N1CCCC(C(=O)OCC)C1.I. The number of nitrogens with one attached hydrogen (secondary N) is 1. The van der Waals surface area contributed by atoms with E-state index in [-0.39, 0.29) is 35.9 Å². The third-order valence-corrected chi connectivity index (χ3v) is 5.04. The molecule has 0 radical (unpaired) electrons. The van der Waals surface area contributed by atoms with Gasteiger partial charge in [-0.25, -0.2) is 4.68 Å². The Morgan fingerprint density at radius 1 is 1.30 bits per heavy atom. The zero-order chi connectivity index (χ0) is 20.5. The molecule has 2 heterocycles. The molecule has 1 N–H and O–H groups in total. The maximum Gasteiger partial charge on any atom is 0.310 e. The number of benzene rings is 1. The number of guanidine groups is 1. The van der Waals surface area contributed by atoms with Crippen molar-refractivity contribution < 1.29 is 9.53 Å². The number of carbonyl (C=O) groups excluding carboxylic acids is 1. The molecule has 1 fully saturated rings. The van der Waals surface area contributed by atoms with E-state index in [1.165, 1.54) is 5.56 Å². The summed E-state index contributed by atoms with van der Waals surface area (Å²) in [4.78, 5) is 19.1. The van der Waals surface area contributed by atoms with Crippen LogP contribution in [0, 0.1) is 5.92 Å². The van der Waals surface area contributed by atoms with Crippen LogP contribution in [0.3, 0.4) is 0 Å². The molecule has 3 rings (SSSR count). The molecule has 30 heavy (non-hydrogen) atoms. The quantitative estimate of drug-likeness (QED) is 0.260. The van der Waals surface area contributed by atoms with Gasteiger partial charge in [0, 0.05) is 38.6 Å². The minimum Gasteiger partial charge on any atom is -0.466 e. The average Bonchev–Trinajstić information content (AvgIpc) is 3.29. The van der Waals surface area contributed by atoms with Crippen LogP contribution in [0.5, 0.6) is 0 Å². The van der Waals surface area contributed by atoms with Gasteiger partial charge in [0.15, 0.2) is 5.96 Å². The largest absolute Gasteiger partial charge is 0.466 e. The summed E-state index contributed by atoms with van der Waals surface area (Å²) in [5, 5.41) is 7.62. The van der Waals surface area contributed by atoms with Crippen molar-refractivity contribution in [2.24, 2.45) is 10.9 Å². The first-order chi connectivity index (χ1) is 14.2. The monoisotopic (exact) mass is 525 g/mol. The topological polar surface area (TPSA) is 71.8 Å². The first-order valence-corrected chi connectivity index (χ1v) is 10.5. The van der Waals surface area contributed by atoms with Crippen LogP contribution in [-0.4, -0.2) is 59.4 Å². The van der Waals surface area contributed by atoms with E-state index < -0.39 is 0 Å². The minimum absolute atomic E-state index is 0. The van der Waals surface area contributed by atoms with Gasteiger partial charge in [-0.15, -0.1) is 24.0 Å². The molecule has 1 aromatic carbocycles. The lowest BCUT2D eigenvalue weighted by molar-refractivity contribution is -0.149. The Bertz CT molecular complexity index is 792. The summed E-state index contributed by atoms with van der Waals surface area (Å²) in [7, 11) is 0. The highest BCUT2D eigenvalue weighted by Gasteiger charge is 2.28. The van der Waals surface area contributed by atoms with E-state index in [0.29, 0.717) is 19.7 Å². The number of aliphatic imine (C=N–C) groups is 1. The van der Waals surface area contributed by atoms with Gasteiger partial charge in [0.1, 0.15) is 0 Å². The number of rotatable bonds is 7. The molecule has 1 aromatic heterocycles. The molecular weight excluding hydrogens is 493 g/mol. The molecule has 1 aliphatic heterocycles. The average molecular weight is 525 g/mol. The fraction of sp³-hybridized carbons (Fsp3) is 0.500. The van der Waals surface area contributed by atoms with Crippen molar-refractivity contribution in [3.63, 3.8) is 0 Å². The maximum atomic E-state index is 12.1. The van der Waals surface area contributed by atoms with E-state index >= 15 is 0 Å². The number of esters is 1. The molecule has 2 aromatic rings. The van der Waals surface area contributed by atoms with Gasteiger partial charge in [-0.3, -0.25) is 9.79 Å². The molecule has 0 saturated carbocycles. The number of ether oxygens (including phenoxy) is 1. The van der Waals surface area contributed by atoms with Crippen LogP contribution < -0.4 is 5.32 Å². The van der Waals surface area contributed by atoms with Gasteiger partial charge < -0.3 is 15.0 Å². The number of hydrogen-bond donors (Lipinski definition) is 1. The smallest absolute Gasteiger partial charge is 0.310 e. The van der Waals surface area contributed by atoms with Gasteiger partial charge in [-0.1, -0.05) is 12.1 Å². The Morgan fingerprint density at radius 2 is 2.10 bits per heavy atom. The molecule has 7 nitrogen and oxygen atoms in total. The highest BCUT2D eigenvalue weighted by atomic mass is 127. The lowest BCUT2D eigenvalue weighted by atomic mass is 9.98. The number of piperidine rings is 1. The first-order valence-electron chi connectivity index (χ1n) is 10.5. The van der Waals surface area contributed by atoms with Gasteiger partial charge in [-0.05, 0) is 56.9 Å². The molecule has 164 valence electrons. The molecule has 8 heteroatoms. The summed E-state index contributed by atoms with van der Waals surface area (Å²) in [5.74, 6) is 0.724. The first kappa shape index (κ1) is 24.2. The van der Waals surface area contributed by atoms with Crippen LogP contribution >= 0.6 is 24.0 Å². The van der Waals surface area contributed by atoms with E-state index in [1.807, 2.05) is 23.9 Å². The molecule has 1 aliphatic rings. The van der Waals surface area contributed by atoms with Crippen LogP contribution in [0.25, 0.3) is 5.69 Å². The van der Waals surface area contributed by atoms with Crippen molar-refractivity contribution in [3.05, 3.63) is 48.3 Å². The van der Waals surface area contributed by atoms with Gasteiger partial charge in [0.05, 0.1) is 18.2 Å². The number of carbonyl (C=O) groups is 1. The molecule has 0 bridgehead atoms. The van der Waals surface area contributed by atoms with E-state index in [2.05, 4.69) is 46.5 Å². The second-order valence-electron chi connectivity index (χ2n) is 7.14. The van der Waals surface area contributed by atoms with Crippen LogP contribution in [0.15, 0.2) is 47.7 Å². The lowest BCUT2D eigenvalue weighted by Crippen LogP contribution is -2.48. The number of halogens is 1. The molecule has 0 amide bonds. The number of nitrogens with zero attached hydrogens (tertiary/aromatic N) is 4. The second-order valence-corrected chi connectivity index (χ2v) is 7.14. The van der Waals surface area contributed by atoms with Crippen LogP contribution in [0.1, 0.15) is 32.3 Å². The Morgan fingerprint density at radius 3 is 2.77 bits per heavy atom. The number of aromatic nitrogens is 2. The van der Waals surface area contributed by atoms with Gasteiger partial charge in [-0.2, -0.15) is 5.10 Å². The fourth-order valence-corrected chi connectivity index (χ4v) is 3.58. The summed E-state index contributed by atoms with van der Waals surface area (Å²) in [5.41, 5.74) is 2.29. The molecule has 1 unspecified atom stereocenters. The zero-order valence-corrected chi connectivity index (χ0v) is 20.1. The van der Waals surface area contributed by atoms with Gasteiger partial charge in [0.2, 0.25) is 0 Å². The standard InChI is InChI=1S/C22H31N5O2.HI/c1-3-23-22(26-15-5-7-19(17-26)21(28)29-4-2)24-14-12-18-8-10-20(11-9-18)27-16-6-13-25-27;/h6,8-11,13,16,19H,3-5,7,12,14-15,17H2,1-2H3,(H,23,24);1H. The van der Waals surface area contributed by atoms with E-state index in [1.54, 1.807) is 6.20 Å². The zero-order valence-electron chi connectivity index (χ0n) is 17.8. The lowest BCUT2D eigenvalue weighted by Gasteiger charge is -2.34. The van der Waals surface area contributed by atoms with Crippen molar-refractivity contribution in [2.45, 2.75) is 33.1 Å². The van der Waals surface area contributed by atoms with Crippen molar-refractivity contribution in [2.75, 3.05) is 32.8 Å². The van der Waals surface area contributed by atoms with E-state index in [4.69, 9.17) is 9.73 Å². The molecular formula is C22H32IN5O2. The van der Waals surface area contributed by atoms with Crippen molar-refractivity contribution in [1.82, 2.24) is 20.0 Å². The second kappa shape index (κ2) is 12.6. The number of likely N-dealkylation sites (tertiary alicyclic amines) is 1. The highest BCUT2D eigenvalue weighted by Crippen LogP contribution is 2.18. The highest BCUT2D eigenvalue weighted by molar-refractivity contribution is 14.0. The Balaban J connectivity index is 0.00000320. The third-order valence-electron chi connectivity index (χ3n) is 5.04. The van der Waals surface area contributed by atoms with Gasteiger partial charge >= 0.3 is 5.97 Å². The predicted molar refractivity (Wildman–Crippen MR) is 130 cm³/mol. The summed E-state index contributed by atoms with van der Waals surface area (Å²) in [6.45, 7) is 7.44. The fourth-order valence-electron chi connectivity index (χ4n) is 3.58. The van der Waals surface area contributed by atoms with Crippen LogP contribution in [0.2, 0.25) is 0 Å². The molecule has 1 atom stereocenters. The van der Waals surface area contributed by atoms with Crippen molar-refractivity contribution >= 4 is 35.9 Å². The van der Waals surface area contributed by atoms with Crippen molar-refractivity contribution in [3.8, 4) is 5.69 Å². The molecule has 0 aliphatic carbocycles. The number of hydrogen-bond acceptors (Lipinski definition) is 4. The summed E-state index contributed by atoms with van der Waals surface area (Å²) in [6, 6.07) is 10.3. The predicted octanol–water partition coefficient (Wildman–Crippen LogP) is 3.27. The summed E-state index contributed by atoms with van der Waals surface area (Å²) >= 11 is 0. The van der Waals surface area contributed by atoms with Crippen LogP contribution in [-0.2, 0) is 16.0 Å². The Labute approximate surface area is 195 Å². The summed E-state index contributed by atoms with van der Waals surface area (Å²) in [6.07, 6.45) is 6.44. The van der Waals surface area contributed by atoms with Crippen molar-refractivity contribution in [1.29, 1.82) is 0 Å². The van der Waals surface area contributed by atoms with Crippen LogP contribution in [0.4, 0.5) is 0 Å². The third kappa shape index (κ3) is 6.72. The van der Waals surface area contributed by atoms with E-state index in [9.17, 15) is 4.79 Å². The summed E-state index contributed by atoms with van der Waals surface area (Å²) < 4.78 is 7.06. The van der Waals surface area contributed by atoms with Gasteiger partial charge in [0.25, 0.3) is 0 Å². The maximum absolute atomic E-state index is 12.1. The molecule has 1 saturated heterocycles. The minimum atomic E-state index is -0.0923. The van der Waals surface area contributed by atoms with E-state index in [0.717, 1.165) is 44.0 Å². The normalized spacial score (nSPS) is 16.7. The Hall–Kier alpha value is -2.10.